The predicted molar refractivity (Wildman–Crippen MR) is 90.5 cm³/mol. The van der Waals surface area contributed by atoms with Crippen molar-refractivity contribution in [2.75, 3.05) is 7.11 Å². The highest BCUT2D eigenvalue weighted by Gasteiger charge is 2.18. The summed E-state index contributed by atoms with van der Waals surface area (Å²) in [6, 6.07) is 12.9. The highest BCUT2D eigenvalue weighted by molar-refractivity contribution is 5.84. The molecule has 0 aromatic heterocycles. The molecule has 0 aliphatic carbocycles. The van der Waals surface area contributed by atoms with E-state index in [9.17, 15) is 14.0 Å². The van der Waals surface area contributed by atoms with Crippen LogP contribution in [0.5, 0.6) is 5.75 Å². The zero-order valence-electron chi connectivity index (χ0n) is 14.1. The molecule has 0 saturated carbocycles. The molecule has 25 heavy (non-hydrogen) atoms. The molecule has 1 atom stereocenters. The fourth-order valence-electron chi connectivity index (χ4n) is 2.23. The molecule has 0 heterocycles. The summed E-state index contributed by atoms with van der Waals surface area (Å²) in [4.78, 5) is 24.0. The fourth-order valence-corrected chi connectivity index (χ4v) is 2.23. The largest absolute Gasteiger partial charge is 0.496 e. The lowest BCUT2D eigenvalue weighted by Crippen LogP contribution is -2.35. The monoisotopic (exact) mass is 345 g/mol. The Kier molecular flexibility index (Phi) is 6.51. The van der Waals surface area contributed by atoms with Crippen molar-refractivity contribution in [2.24, 2.45) is 0 Å². The normalized spacial score (nSPS) is 11.5. The van der Waals surface area contributed by atoms with Crippen LogP contribution < -0.4 is 10.1 Å². The molecule has 0 fully saturated rings. The number of para-hydroxylation sites is 1. The smallest absolute Gasteiger partial charge is 0.311 e. The Hall–Kier alpha value is -2.89. The van der Waals surface area contributed by atoms with Crippen molar-refractivity contribution in [1.29, 1.82) is 0 Å². The Morgan fingerprint density at radius 3 is 2.48 bits per heavy atom. The minimum Gasteiger partial charge on any atom is -0.496 e. The van der Waals surface area contributed by atoms with Gasteiger partial charge in [0.2, 0.25) is 0 Å². The van der Waals surface area contributed by atoms with Gasteiger partial charge in [-0.15, -0.1) is 0 Å². The van der Waals surface area contributed by atoms with Gasteiger partial charge < -0.3 is 14.8 Å². The second-order valence-corrected chi connectivity index (χ2v) is 5.46. The van der Waals surface area contributed by atoms with Crippen molar-refractivity contribution in [3.05, 3.63) is 65.5 Å². The van der Waals surface area contributed by atoms with Gasteiger partial charge in [-0.05, 0) is 30.7 Å². The van der Waals surface area contributed by atoms with Crippen LogP contribution in [0.4, 0.5) is 4.39 Å². The number of halogens is 1. The van der Waals surface area contributed by atoms with E-state index >= 15 is 0 Å². The van der Waals surface area contributed by atoms with Crippen LogP contribution in [0.3, 0.4) is 0 Å². The second-order valence-electron chi connectivity index (χ2n) is 5.46. The van der Waals surface area contributed by atoms with E-state index in [0.717, 1.165) is 5.56 Å². The number of rotatable bonds is 7. The number of ether oxygens (including phenoxy) is 2. The summed E-state index contributed by atoms with van der Waals surface area (Å²) in [5, 5.41) is 2.65. The molecule has 0 radical (unpaired) electrons. The van der Waals surface area contributed by atoms with Gasteiger partial charge in [-0.25, -0.2) is 4.39 Å². The summed E-state index contributed by atoms with van der Waals surface area (Å²) in [6.07, 6.45) is -0.915. The molecule has 0 bridgehead atoms. The standard InChI is InChI=1S/C19H20FNO4/c1-13(19(23)21-12-14-7-9-16(20)10-8-14)25-18(22)11-15-5-3-4-6-17(15)24-2/h3-10,13H,11-12H2,1-2H3,(H,21,23)/t13-/m0/s1. The molecule has 2 aromatic rings. The van der Waals surface area contributed by atoms with Gasteiger partial charge in [0, 0.05) is 12.1 Å². The maximum atomic E-state index is 12.8. The molecule has 132 valence electrons. The number of benzene rings is 2. The average molecular weight is 345 g/mol. The van der Waals surface area contributed by atoms with E-state index < -0.39 is 18.0 Å². The number of methoxy groups -OCH3 is 1. The van der Waals surface area contributed by atoms with Crippen LogP contribution in [-0.4, -0.2) is 25.1 Å². The number of hydrogen-bond acceptors (Lipinski definition) is 4. The van der Waals surface area contributed by atoms with Crippen molar-refractivity contribution in [2.45, 2.75) is 26.0 Å². The van der Waals surface area contributed by atoms with Crippen molar-refractivity contribution < 1.29 is 23.5 Å². The van der Waals surface area contributed by atoms with Crippen LogP contribution >= 0.6 is 0 Å². The Bertz CT molecular complexity index is 730. The van der Waals surface area contributed by atoms with Crippen molar-refractivity contribution >= 4 is 11.9 Å². The summed E-state index contributed by atoms with van der Waals surface area (Å²) in [6.45, 7) is 1.73. The number of amides is 1. The Labute approximate surface area is 145 Å². The quantitative estimate of drug-likeness (QED) is 0.784. The zero-order chi connectivity index (χ0) is 18.2. The second kappa shape index (κ2) is 8.82. The summed E-state index contributed by atoms with van der Waals surface area (Å²) < 4.78 is 23.2. The lowest BCUT2D eigenvalue weighted by molar-refractivity contribution is -0.154. The first kappa shape index (κ1) is 18.4. The predicted octanol–water partition coefficient (Wildman–Crippen LogP) is 2.62. The maximum absolute atomic E-state index is 12.8. The fraction of sp³-hybridized carbons (Fsp3) is 0.263. The van der Waals surface area contributed by atoms with Crippen LogP contribution in [0.15, 0.2) is 48.5 Å². The first-order valence-corrected chi connectivity index (χ1v) is 7.83. The zero-order valence-corrected chi connectivity index (χ0v) is 14.1. The van der Waals surface area contributed by atoms with Crippen LogP contribution in [-0.2, 0) is 27.3 Å². The van der Waals surface area contributed by atoms with E-state index in [1.54, 1.807) is 36.4 Å². The van der Waals surface area contributed by atoms with E-state index in [4.69, 9.17) is 9.47 Å². The summed E-state index contributed by atoms with van der Waals surface area (Å²) in [7, 11) is 1.52. The number of esters is 1. The van der Waals surface area contributed by atoms with Gasteiger partial charge in [-0.1, -0.05) is 30.3 Å². The van der Waals surface area contributed by atoms with Crippen LogP contribution in [0.2, 0.25) is 0 Å². The molecule has 1 amide bonds. The highest BCUT2D eigenvalue weighted by Crippen LogP contribution is 2.18. The molecule has 5 nitrogen and oxygen atoms in total. The molecule has 0 aliphatic heterocycles. The Morgan fingerprint density at radius 2 is 1.80 bits per heavy atom. The average Bonchev–Trinajstić information content (AvgIpc) is 2.61. The molecular weight excluding hydrogens is 325 g/mol. The lowest BCUT2D eigenvalue weighted by Gasteiger charge is -2.14. The van der Waals surface area contributed by atoms with Gasteiger partial charge in [0.05, 0.1) is 13.5 Å². The molecule has 2 aromatic carbocycles. The minimum absolute atomic E-state index is 0.0135. The van der Waals surface area contributed by atoms with Gasteiger partial charge >= 0.3 is 5.97 Å². The van der Waals surface area contributed by atoms with Crippen molar-refractivity contribution in [1.82, 2.24) is 5.32 Å². The third-order valence-corrected chi connectivity index (χ3v) is 3.58. The summed E-state index contributed by atoms with van der Waals surface area (Å²) in [5.74, 6) is -0.687. The van der Waals surface area contributed by atoms with Gasteiger partial charge in [-0.2, -0.15) is 0 Å². The molecule has 0 unspecified atom stereocenters. The first-order valence-electron chi connectivity index (χ1n) is 7.83. The first-order chi connectivity index (χ1) is 12.0. The minimum atomic E-state index is -0.928. The van der Waals surface area contributed by atoms with E-state index in [1.807, 2.05) is 0 Å². The van der Waals surface area contributed by atoms with E-state index in [-0.39, 0.29) is 18.8 Å². The Morgan fingerprint density at radius 1 is 1.12 bits per heavy atom. The van der Waals surface area contributed by atoms with Gasteiger partial charge in [-0.3, -0.25) is 9.59 Å². The van der Waals surface area contributed by atoms with E-state index in [1.165, 1.54) is 26.2 Å². The van der Waals surface area contributed by atoms with E-state index in [2.05, 4.69) is 5.32 Å². The number of carbonyl (C=O) groups excluding carboxylic acids is 2. The number of hydrogen-bond donors (Lipinski definition) is 1. The maximum Gasteiger partial charge on any atom is 0.311 e. The topological polar surface area (TPSA) is 64.6 Å². The van der Waals surface area contributed by atoms with Crippen molar-refractivity contribution in [3.63, 3.8) is 0 Å². The molecule has 6 heteroatoms. The van der Waals surface area contributed by atoms with Crippen LogP contribution in [0.25, 0.3) is 0 Å². The van der Waals surface area contributed by atoms with Gasteiger partial charge in [0.1, 0.15) is 11.6 Å². The molecule has 0 saturated heterocycles. The molecular formula is C19H20FNO4. The number of carbonyl (C=O) groups is 2. The summed E-state index contributed by atoms with van der Waals surface area (Å²) in [5.41, 5.74) is 1.44. The molecule has 2 rings (SSSR count). The number of nitrogens with one attached hydrogen (secondary N) is 1. The lowest BCUT2D eigenvalue weighted by atomic mass is 10.1. The third kappa shape index (κ3) is 5.60. The van der Waals surface area contributed by atoms with Gasteiger partial charge in [0.25, 0.3) is 5.91 Å². The van der Waals surface area contributed by atoms with Crippen LogP contribution in [0.1, 0.15) is 18.1 Å². The van der Waals surface area contributed by atoms with Gasteiger partial charge in [0.15, 0.2) is 6.10 Å². The SMILES string of the molecule is COc1ccccc1CC(=O)O[C@@H](C)C(=O)NCc1ccc(F)cc1. The third-order valence-electron chi connectivity index (χ3n) is 3.58. The van der Waals surface area contributed by atoms with Crippen LogP contribution in [0, 0.1) is 5.82 Å². The Balaban J connectivity index is 1.83. The molecule has 0 spiro atoms. The highest BCUT2D eigenvalue weighted by atomic mass is 19.1. The molecule has 1 N–H and O–H groups in total. The van der Waals surface area contributed by atoms with E-state index in [0.29, 0.717) is 11.3 Å². The summed E-state index contributed by atoms with van der Waals surface area (Å²) >= 11 is 0. The van der Waals surface area contributed by atoms with Crippen molar-refractivity contribution in [3.8, 4) is 5.75 Å². The molecule has 0 aliphatic rings.